The molecule has 0 aliphatic carbocycles. The summed E-state index contributed by atoms with van der Waals surface area (Å²) in [5.74, 6) is -1.06. The maximum absolute atomic E-state index is 12.5. The largest absolute Gasteiger partial charge is 0.479 e. The van der Waals surface area contributed by atoms with Crippen LogP contribution in [0.5, 0.6) is 0 Å². The third kappa shape index (κ3) is 5.13. The molecule has 35 heavy (non-hydrogen) atoms. The molecule has 182 valence electrons. The summed E-state index contributed by atoms with van der Waals surface area (Å²) in [5.41, 5.74) is 5.54. The van der Waals surface area contributed by atoms with Crippen molar-refractivity contribution in [2.45, 2.75) is 65.6 Å². The van der Waals surface area contributed by atoms with Gasteiger partial charge in [-0.25, -0.2) is 14.3 Å². The van der Waals surface area contributed by atoms with Crippen LogP contribution in [0.4, 0.5) is 0 Å². The van der Waals surface area contributed by atoms with Crippen molar-refractivity contribution in [1.29, 1.82) is 0 Å². The zero-order valence-electron chi connectivity index (χ0n) is 21.5. The van der Waals surface area contributed by atoms with Gasteiger partial charge in [-0.05, 0) is 38.7 Å². The fraction of sp³-hybridized carbons (Fsp3) is 0.345. The Labute approximate surface area is 206 Å². The summed E-state index contributed by atoms with van der Waals surface area (Å²) in [7, 11) is 0. The molecule has 0 saturated heterocycles. The summed E-state index contributed by atoms with van der Waals surface area (Å²) in [6.07, 6.45) is -1.20. The van der Waals surface area contributed by atoms with Crippen molar-refractivity contribution >= 4 is 11.6 Å². The Morgan fingerprint density at radius 1 is 0.943 bits per heavy atom. The Bertz CT molecular complexity index is 1360. The molecule has 0 aliphatic heterocycles. The number of hydrogen-bond donors (Lipinski definition) is 1. The van der Waals surface area contributed by atoms with Crippen LogP contribution in [0.25, 0.3) is 28.2 Å². The third-order valence-electron chi connectivity index (χ3n) is 5.88. The number of nitrogens with zero attached hydrogens (tertiary/aromatic N) is 3. The SMILES string of the molecule is Cc1nc2cc(-c3ccccc3)nn2c(-c2ccc(C(C)(C)C)cc2)c1C(OC(C)(C)C)C(=O)O. The Kier molecular flexibility index (Phi) is 6.28. The smallest absolute Gasteiger partial charge is 0.337 e. The maximum Gasteiger partial charge on any atom is 0.337 e. The molecule has 0 fully saturated rings. The van der Waals surface area contributed by atoms with Crippen molar-refractivity contribution < 1.29 is 14.6 Å². The molecule has 0 aliphatic rings. The number of carboxylic acids is 1. The first kappa shape index (κ1) is 24.6. The van der Waals surface area contributed by atoms with Crippen molar-refractivity contribution in [3.05, 3.63) is 77.5 Å². The molecular weight excluding hydrogens is 438 g/mol. The number of hydrogen-bond acceptors (Lipinski definition) is 4. The molecule has 6 heteroatoms. The van der Waals surface area contributed by atoms with Crippen molar-refractivity contribution in [2.75, 3.05) is 0 Å². The number of rotatable bonds is 5. The molecule has 2 aromatic carbocycles. The molecule has 6 nitrogen and oxygen atoms in total. The molecule has 2 heterocycles. The summed E-state index contributed by atoms with van der Waals surface area (Å²) in [5, 5.41) is 15.1. The predicted octanol–water partition coefficient (Wildman–Crippen LogP) is 6.61. The number of benzene rings is 2. The normalized spacial score (nSPS) is 13.2. The van der Waals surface area contributed by atoms with Crippen LogP contribution in [0, 0.1) is 6.92 Å². The fourth-order valence-electron chi connectivity index (χ4n) is 4.19. The summed E-state index contributed by atoms with van der Waals surface area (Å²) >= 11 is 0. The number of carboxylic acid groups (broad SMARTS) is 1. The van der Waals surface area contributed by atoms with Crippen molar-refractivity contribution in [1.82, 2.24) is 14.6 Å². The minimum absolute atomic E-state index is 0.00400. The van der Waals surface area contributed by atoms with Crippen LogP contribution in [-0.4, -0.2) is 31.3 Å². The van der Waals surface area contributed by atoms with Gasteiger partial charge in [0.25, 0.3) is 0 Å². The van der Waals surface area contributed by atoms with Gasteiger partial charge in [0.05, 0.1) is 17.0 Å². The van der Waals surface area contributed by atoms with E-state index in [0.717, 1.165) is 16.8 Å². The first-order valence-corrected chi connectivity index (χ1v) is 11.8. The van der Waals surface area contributed by atoms with E-state index < -0.39 is 17.7 Å². The lowest BCUT2D eigenvalue weighted by molar-refractivity contribution is -0.160. The van der Waals surface area contributed by atoms with Crippen LogP contribution in [0.1, 0.15) is 64.5 Å². The zero-order valence-corrected chi connectivity index (χ0v) is 21.5. The van der Waals surface area contributed by atoms with Crippen LogP contribution in [0.2, 0.25) is 0 Å². The fourth-order valence-corrected chi connectivity index (χ4v) is 4.19. The van der Waals surface area contributed by atoms with E-state index in [4.69, 9.17) is 14.8 Å². The average Bonchev–Trinajstić information content (AvgIpc) is 3.19. The van der Waals surface area contributed by atoms with E-state index in [2.05, 4.69) is 32.9 Å². The molecular formula is C29H33N3O3. The standard InChI is InChI=1S/C29H33N3O3/c1-18-24(26(27(33)34)35-29(5,6)7)25(20-13-15-21(16-14-20)28(2,3)4)32-23(30-18)17-22(31-32)19-11-9-8-10-12-19/h8-17,26H,1-7H3,(H,33,34). The van der Waals surface area contributed by atoms with Crippen LogP contribution < -0.4 is 0 Å². The predicted molar refractivity (Wildman–Crippen MR) is 139 cm³/mol. The Hall–Kier alpha value is -3.51. The molecule has 1 unspecified atom stereocenters. The molecule has 0 saturated carbocycles. The average molecular weight is 472 g/mol. The zero-order chi connectivity index (χ0) is 25.5. The van der Waals surface area contributed by atoms with E-state index in [1.165, 1.54) is 5.56 Å². The van der Waals surface area contributed by atoms with Crippen LogP contribution in [-0.2, 0) is 14.9 Å². The van der Waals surface area contributed by atoms with E-state index in [-0.39, 0.29) is 5.41 Å². The molecule has 0 amide bonds. The number of aliphatic carboxylic acids is 1. The van der Waals surface area contributed by atoms with Crippen molar-refractivity contribution in [3.63, 3.8) is 0 Å². The lowest BCUT2D eigenvalue weighted by atomic mass is 9.86. The number of aryl methyl sites for hydroxylation is 1. The highest BCUT2D eigenvalue weighted by molar-refractivity contribution is 5.81. The van der Waals surface area contributed by atoms with E-state index in [1.54, 1.807) is 4.52 Å². The topological polar surface area (TPSA) is 76.7 Å². The van der Waals surface area contributed by atoms with Gasteiger partial charge < -0.3 is 9.84 Å². The molecule has 4 rings (SSSR count). The highest BCUT2D eigenvalue weighted by Crippen LogP contribution is 2.37. The van der Waals surface area contributed by atoms with Crippen molar-refractivity contribution in [2.24, 2.45) is 0 Å². The highest BCUT2D eigenvalue weighted by atomic mass is 16.5. The van der Waals surface area contributed by atoms with Gasteiger partial charge in [0.15, 0.2) is 11.8 Å². The first-order chi connectivity index (χ1) is 16.3. The lowest BCUT2D eigenvalue weighted by Crippen LogP contribution is -2.29. The summed E-state index contributed by atoms with van der Waals surface area (Å²) in [6.45, 7) is 13.9. The van der Waals surface area contributed by atoms with Gasteiger partial charge >= 0.3 is 5.97 Å². The highest BCUT2D eigenvalue weighted by Gasteiger charge is 2.33. The Morgan fingerprint density at radius 2 is 1.57 bits per heavy atom. The van der Waals surface area contributed by atoms with Gasteiger partial charge in [0.2, 0.25) is 0 Å². The van der Waals surface area contributed by atoms with Crippen LogP contribution in [0.3, 0.4) is 0 Å². The van der Waals surface area contributed by atoms with Gasteiger partial charge in [-0.15, -0.1) is 0 Å². The quantitative estimate of drug-likeness (QED) is 0.354. The van der Waals surface area contributed by atoms with Crippen molar-refractivity contribution in [3.8, 4) is 22.5 Å². The van der Waals surface area contributed by atoms with Gasteiger partial charge in [-0.1, -0.05) is 75.4 Å². The molecule has 1 N–H and O–H groups in total. The first-order valence-electron chi connectivity index (χ1n) is 11.8. The van der Waals surface area contributed by atoms with Crippen LogP contribution >= 0.6 is 0 Å². The Balaban J connectivity index is 2.02. The van der Waals surface area contributed by atoms with Gasteiger partial charge in [0.1, 0.15) is 0 Å². The van der Waals surface area contributed by atoms with E-state index in [0.29, 0.717) is 22.6 Å². The van der Waals surface area contributed by atoms with Gasteiger partial charge in [0, 0.05) is 28.5 Å². The number of ether oxygens (including phenoxy) is 1. The second kappa shape index (κ2) is 8.93. The van der Waals surface area contributed by atoms with Crippen LogP contribution in [0.15, 0.2) is 60.7 Å². The van der Waals surface area contributed by atoms with Gasteiger partial charge in [-0.3, -0.25) is 0 Å². The number of fused-ring (bicyclic) bond motifs is 1. The second-order valence-corrected chi connectivity index (χ2v) is 10.9. The molecule has 2 aromatic heterocycles. The molecule has 0 spiro atoms. The summed E-state index contributed by atoms with van der Waals surface area (Å²) in [4.78, 5) is 17.2. The Morgan fingerprint density at radius 3 is 2.11 bits per heavy atom. The summed E-state index contributed by atoms with van der Waals surface area (Å²) in [6, 6.07) is 20.0. The third-order valence-corrected chi connectivity index (χ3v) is 5.88. The second-order valence-electron chi connectivity index (χ2n) is 10.9. The molecule has 0 bridgehead atoms. The van der Waals surface area contributed by atoms with E-state index >= 15 is 0 Å². The minimum atomic E-state index is -1.20. The molecule has 1 atom stereocenters. The number of aromatic nitrogens is 3. The molecule has 0 radical (unpaired) electrons. The van der Waals surface area contributed by atoms with E-state index in [9.17, 15) is 9.90 Å². The summed E-state index contributed by atoms with van der Waals surface area (Å²) < 4.78 is 7.81. The monoisotopic (exact) mass is 471 g/mol. The molecule has 4 aromatic rings. The minimum Gasteiger partial charge on any atom is -0.479 e. The van der Waals surface area contributed by atoms with Gasteiger partial charge in [-0.2, -0.15) is 5.10 Å². The number of carbonyl (C=O) groups is 1. The van der Waals surface area contributed by atoms with E-state index in [1.807, 2.05) is 76.2 Å². The lowest BCUT2D eigenvalue weighted by Gasteiger charge is -2.27. The maximum atomic E-state index is 12.5.